The molecular weight excluding hydrogens is 248 g/mol. The molecule has 102 valence electrons. The molecule has 0 aliphatic carbocycles. The topological polar surface area (TPSA) is 84.3 Å². The maximum atomic E-state index is 12.2. The van der Waals surface area contributed by atoms with Crippen LogP contribution in [0, 0.1) is 0 Å². The number of amides is 2. The van der Waals surface area contributed by atoms with Crippen molar-refractivity contribution in [2.45, 2.75) is 19.9 Å². The van der Waals surface area contributed by atoms with Gasteiger partial charge in [-0.05, 0) is 12.5 Å². The molecule has 1 fully saturated rings. The minimum absolute atomic E-state index is 0.0351. The lowest BCUT2D eigenvalue weighted by molar-refractivity contribution is -0.123. The molecule has 7 heteroatoms. The fourth-order valence-electron chi connectivity index (χ4n) is 1.91. The molecule has 0 unspecified atom stereocenters. The highest BCUT2D eigenvalue weighted by Crippen LogP contribution is 2.02. The minimum Gasteiger partial charge on any atom is -0.353 e. The monoisotopic (exact) mass is 264 g/mol. The number of rotatable bonds is 3. The summed E-state index contributed by atoms with van der Waals surface area (Å²) in [6.45, 7) is 3.34. The summed E-state index contributed by atoms with van der Waals surface area (Å²) in [5.41, 5.74) is -0.0301. The van der Waals surface area contributed by atoms with Crippen molar-refractivity contribution in [2.75, 3.05) is 19.6 Å². The van der Waals surface area contributed by atoms with Crippen LogP contribution in [0.3, 0.4) is 0 Å². The van der Waals surface area contributed by atoms with E-state index in [2.05, 4.69) is 10.4 Å². The fraction of sp³-hybridized carbons (Fsp3) is 0.500. The second kappa shape index (κ2) is 5.64. The number of hydrogen-bond acceptors (Lipinski definition) is 4. The summed E-state index contributed by atoms with van der Waals surface area (Å²) in [4.78, 5) is 36.4. The van der Waals surface area contributed by atoms with Crippen molar-refractivity contribution in [3.8, 4) is 0 Å². The molecule has 0 radical (unpaired) electrons. The molecule has 1 N–H and O–H groups in total. The number of aromatic nitrogens is 2. The van der Waals surface area contributed by atoms with Gasteiger partial charge in [-0.3, -0.25) is 14.4 Å². The molecule has 19 heavy (non-hydrogen) atoms. The van der Waals surface area contributed by atoms with Gasteiger partial charge in [0, 0.05) is 25.7 Å². The predicted molar refractivity (Wildman–Crippen MR) is 67.7 cm³/mol. The first-order chi connectivity index (χ1) is 9.11. The van der Waals surface area contributed by atoms with Crippen LogP contribution in [-0.4, -0.2) is 46.1 Å². The van der Waals surface area contributed by atoms with Gasteiger partial charge in [-0.2, -0.15) is 5.10 Å². The highest BCUT2D eigenvalue weighted by atomic mass is 16.2. The molecule has 2 amide bonds. The van der Waals surface area contributed by atoms with Crippen LogP contribution in [0.2, 0.25) is 0 Å². The third-order valence-corrected chi connectivity index (χ3v) is 2.85. The Morgan fingerprint density at radius 3 is 2.89 bits per heavy atom. The van der Waals surface area contributed by atoms with Crippen LogP contribution in [-0.2, 0) is 11.3 Å². The van der Waals surface area contributed by atoms with Gasteiger partial charge in [-0.25, -0.2) is 4.68 Å². The number of carbonyl (C=O) groups is 2. The number of piperazine rings is 1. The average Bonchev–Trinajstić information content (AvgIpc) is 2.41. The maximum Gasteiger partial charge on any atom is 0.274 e. The van der Waals surface area contributed by atoms with E-state index in [0.717, 1.165) is 6.42 Å². The molecule has 1 aliphatic rings. The van der Waals surface area contributed by atoms with Gasteiger partial charge < -0.3 is 10.2 Å². The van der Waals surface area contributed by atoms with Crippen molar-refractivity contribution >= 4 is 11.8 Å². The van der Waals surface area contributed by atoms with Gasteiger partial charge in [-0.15, -0.1) is 0 Å². The maximum absolute atomic E-state index is 12.2. The van der Waals surface area contributed by atoms with Crippen LogP contribution >= 0.6 is 0 Å². The zero-order valence-corrected chi connectivity index (χ0v) is 10.8. The lowest BCUT2D eigenvalue weighted by atomic mass is 10.3. The first kappa shape index (κ1) is 13.3. The van der Waals surface area contributed by atoms with E-state index in [1.165, 1.54) is 21.7 Å². The summed E-state index contributed by atoms with van der Waals surface area (Å²) in [7, 11) is 0. The molecule has 7 nitrogen and oxygen atoms in total. The molecule has 0 spiro atoms. The van der Waals surface area contributed by atoms with Crippen LogP contribution < -0.4 is 10.9 Å². The highest BCUT2D eigenvalue weighted by Gasteiger charge is 2.23. The van der Waals surface area contributed by atoms with Crippen LogP contribution in [0.15, 0.2) is 16.9 Å². The van der Waals surface area contributed by atoms with Crippen molar-refractivity contribution in [3.05, 3.63) is 28.2 Å². The molecule has 0 atom stereocenters. The predicted octanol–water partition coefficient (Wildman–Crippen LogP) is -0.775. The van der Waals surface area contributed by atoms with Gasteiger partial charge in [0.15, 0.2) is 0 Å². The molecule has 1 aromatic heterocycles. The first-order valence-corrected chi connectivity index (χ1v) is 6.26. The van der Waals surface area contributed by atoms with Gasteiger partial charge in [0.1, 0.15) is 5.69 Å². The zero-order valence-electron chi connectivity index (χ0n) is 10.8. The van der Waals surface area contributed by atoms with Crippen molar-refractivity contribution in [2.24, 2.45) is 0 Å². The van der Waals surface area contributed by atoms with E-state index in [1.807, 2.05) is 6.92 Å². The Morgan fingerprint density at radius 1 is 1.42 bits per heavy atom. The molecule has 0 saturated carbocycles. The molecule has 0 aromatic carbocycles. The van der Waals surface area contributed by atoms with Gasteiger partial charge >= 0.3 is 0 Å². The van der Waals surface area contributed by atoms with Crippen LogP contribution in [0.5, 0.6) is 0 Å². The Morgan fingerprint density at radius 2 is 2.21 bits per heavy atom. The molecule has 1 aromatic rings. The van der Waals surface area contributed by atoms with E-state index in [4.69, 9.17) is 0 Å². The van der Waals surface area contributed by atoms with Crippen molar-refractivity contribution < 1.29 is 9.59 Å². The summed E-state index contributed by atoms with van der Waals surface area (Å²) < 4.78 is 1.28. The third kappa shape index (κ3) is 2.98. The second-order valence-electron chi connectivity index (χ2n) is 4.36. The number of nitrogens with zero attached hydrogens (tertiary/aromatic N) is 3. The summed E-state index contributed by atoms with van der Waals surface area (Å²) in [6.07, 6.45) is 0.761. The van der Waals surface area contributed by atoms with Crippen molar-refractivity contribution in [3.63, 3.8) is 0 Å². The van der Waals surface area contributed by atoms with Crippen molar-refractivity contribution in [1.29, 1.82) is 0 Å². The van der Waals surface area contributed by atoms with Gasteiger partial charge in [0.2, 0.25) is 5.91 Å². The Labute approximate surface area is 110 Å². The molecule has 1 saturated heterocycles. The van der Waals surface area contributed by atoms with Crippen LogP contribution in [0.25, 0.3) is 0 Å². The molecule has 2 rings (SSSR count). The summed E-state index contributed by atoms with van der Waals surface area (Å²) in [5.74, 6) is -0.499. The lowest BCUT2D eigenvalue weighted by Gasteiger charge is -2.26. The van der Waals surface area contributed by atoms with Gasteiger partial charge in [0.05, 0.1) is 6.54 Å². The van der Waals surface area contributed by atoms with Crippen LogP contribution in [0.1, 0.15) is 23.8 Å². The Balaban J connectivity index is 2.21. The molecule has 0 bridgehead atoms. The smallest absolute Gasteiger partial charge is 0.274 e. The minimum atomic E-state index is -0.320. The average molecular weight is 264 g/mol. The number of nitrogens with one attached hydrogen (secondary N) is 1. The fourth-order valence-corrected chi connectivity index (χ4v) is 1.91. The standard InChI is InChI=1S/C12H16N4O3/c1-2-6-16-11(18)4-3-9(14-16)12(19)15-7-5-13-10(17)8-15/h3-4H,2,5-8H2,1H3,(H,13,17). The molecule has 2 heterocycles. The number of aryl methyl sites for hydroxylation is 1. The van der Waals surface area contributed by atoms with E-state index >= 15 is 0 Å². The van der Waals surface area contributed by atoms with E-state index < -0.39 is 0 Å². The molecule has 1 aliphatic heterocycles. The van der Waals surface area contributed by atoms with E-state index in [1.54, 1.807) is 0 Å². The third-order valence-electron chi connectivity index (χ3n) is 2.85. The van der Waals surface area contributed by atoms with Gasteiger partial charge in [-0.1, -0.05) is 6.92 Å². The van der Waals surface area contributed by atoms with Crippen molar-refractivity contribution in [1.82, 2.24) is 20.0 Å². The largest absolute Gasteiger partial charge is 0.353 e. The van der Waals surface area contributed by atoms with Crippen LogP contribution in [0.4, 0.5) is 0 Å². The number of carbonyl (C=O) groups excluding carboxylic acids is 2. The normalized spacial score (nSPS) is 15.2. The zero-order chi connectivity index (χ0) is 13.8. The summed E-state index contributed by atoms with van der Waals surface area (Å²) >= 11 is 0. The van der Waals surface area contributed by atoms with E-state index in [9.17, 15) is 14.4 Å². The van der Waals surface area contributed by atoms with E-state index in [-0.39, 0.29) is 29.6 Å². The number of hydrogen-bond donors (Lipinski definition) is 1. The highest BCUT2D eigenvalue weighted by molar-refractivity contribution is 5.95. The lowest BCUT2D eigenvalue weighted by Crippen LogP contribution is -2.50. The SMILES string of the molecule is CCCn1nc(C(=O)N2CCNC(=O)C2)ccc1=O. The first-order valence-electron chi connectivity index (χ1n) is 6.26. The second-order valence-corrected chi connectivity index (χ2v) is 4.36. The summed E-state index contributed by atoms with van der Waals surface area (Å²) in [5, 5.41) is 6.69. The summed E-state index contributed by atoms with van der Waals surface area (Å²) in [6, 6.07) is 2.74. The Kier molecular flexibility index (Phi) is 3.94. The quantitative estimate of drug-likeness (QED) is 0.776. The Bertz CT molecular complexity index is 552. The Hall–Kier alpha value is -2.18. The van der Waals surface area contributed by atoms with E-state index in [0.29, 0.717) is 19.6 Å². The van der Waals surface area contributed by atoms with Gasteiger partial charge in [0.25, 0.3) is 11.5 Å². The molecular formula is C12H16N4O3.